The first-order valence-corrected chi connectivity index (χ1v) is 5.52. The number of rotatable bonds is 0. The molecule has 1 aromatic carbocycles. The quantitative estimate of drug-likeness (QED) is 0.664. The van der Waals surface area contributed by atoms with Crippen LogP contribution in [-0.4, -0.2) is 12.0 Å². The lowest BCUT2D eigenvalue weighted by Crippen LogP contribution is -2.18. The predicted molar refractivity (Wildman–Crippen MR) is 66.3 cm³/mol. The van der Waals surface area contributed by atoms with E-state index < -0.39 is 0 Å². The van der Waals surface area contributed by atoms with Crippen molar-refractivity contribution < 1.29 is 0 Å². The summed E-state index contributed by atoms with van der Waals surface area (Å²) in [7, 11) is 2.10. The third-order valence-corrected chi connectivity index (χ3v) is 3.23. The van der Waals surface area contributed by atoms with Crippen LogP contribution >= 0.6 is 0 Å². The predicted octanol–water partition coefficient (Wildman–Crippen LogP) is 3.06. The molecule has 0 bridgehead atoms. The van der Waals surface area contributed by atoms with Gasteiger partial charge in [-0.3, -0.25) is 4.98 Å². The molecule has 0 saturated heterocycles. The van der Waals surface area contributed by atoms with E-state index in [-0.39, 0.29) is 0 Å². The first-order valence-electron chi connectivity index (χ1n) is 5.52. The lowest BCUT2D eigenvalue weighted by Gasteiger charge is -2.29. The first kappa shape index (κ1) is 9.40. The lowest BCUT2D eigenvalue weighted by molar-refractivity contribution is 1.03. The first-order chi connectivity index (χ1) is 7.75. The van der Waals surface area contributed by atoms with Gasteiger partial charge < -0.3 is 4.90 Å². The van der Waals surface area contributed by atoms with Gasteiger partial charge in [0.1, 0.15) is 0 Å². The van der Waals surface area contributed by atoms with E-state index in [2.05, 4.69) is 48.1 Å². The third kappa shape index (κ3) is 1.30. The molecule has 2 heterocycles. The molecule has 3 rings (SSSR count). The molecule has 0 atom stereocenters. The maximum Gasteiger partial charge on any atom is 0.0630 e. The summed E-state index contributed by atoms with van der Waals surface area (Å²) in [5.74, 6) is 0. The van der Waals surface area contributed by atoms with Crippen molar-refractivity contribution in [3.05, 3.63) is 53.3 Å². The lowest BCUT2D eigenvalue weighted by atomic mass is 9.96. The maximum absolute atomic E-state index is 4.20. The van der Waals surface area contributed by atoms with Gasteiger partial charge >= 0.3 is 0 Å². The van der Waals surface area contributed by atoms with Crippen LogP contribution in [-0.2, 0) is 6.42 Å². The van der Waals surface area contributed by atoms with E-state index in [4.69, 9.17) is 0 Å². The van der Waals surface area contributed by atoms with Crippen LogP contribution in [0.2, 0.25) is 0 Å². The molecule has 0 N–H and O–H groups in total. The molecule has 0 spiro atoms. The summed E-state index contributed by atoms with van der Waals surface area (Å²) in [6, 6.07) is 8.74. The molecule has 2 nitrogen and oxygen atoms in total. The molecule has 1 aromatic heterocycles. The molecular weight excluding hydrogens is 196 g/mol. The number of aromatic nitrogens is 1. The highest BCUT2D eigenvalue weighted by atomic mass is 15.1. The van der Waals surface area contributed by atoms with Gasteiger partial charge in [-0.15, -0.1) is 0 Å². The average molecular weight is 210 g/mol. The number of anilines is 2. The second-order valence-electron chi connectivity index (χ2n) is 4.37. The molecule has 80 valence electrons. The summed E-state index contributed by atoms with van der Waals surface area (Å²) in [5, 5.41) is 0. The monoisotopic (exact) mass is 210 g/mol. The van der Waals surface area contributed by atoms with Gasteiger partial charge in [-0.1, -0.05) is 17.7 Å². The fourth-order valence-electron chi connectivity index (χ4n) is 2.38. The molecule has 0 fully saturated rings. The summed E-state index contributed by atoms with van der Waals surface area (Å²) in [6.45, 7) is 2.14. The number of fused-ring (bicyclic) bond motifs is 2. The molecule has 2 heteroatoms. The van der Waals surface area contributed by atoms with Crippen molar-refractivity contribution in [2.45, 2.75) is 13.3 Å². The fourth-order valence-corrected chi connectivity index (χ4v) is 2.38. The molecule has 2 aromatic rings. The van der Waals surface area contributed by atoms with E-state index >= 15 is 0 Å². The van der Waals surface area contributed by atoms with Crippen LogP contribution in [0.1, 0.15) is 16.7 Å². The van der Waals surface area contributed by atoms with Crippen LogP contribution in [0.15, 0.2) is 36.7 Å². The zero-order chi connectivity index (χ0) is 11.1. The Morgan fingerprint density at radius 1 is 1.12 bits per heavy atom. The van der Waals surface area contributed by atoms with E-state index in [1.807, 2.05) is 12.4 Å². The Kier molecular flexibility index (Phi) is 1.96. The van der Waals surface area contributed by atoms with Crippen molar-refractivity contribution in [2.75, 3.05) is 11.9 Å². The average Bonchev–Trinajstić information content (AvgIpc) is 2.29. The number of aryl methyl sites for hydroxylation is 1. The largest absolute Gasteiger partial charge is 0.343 e. The van der Waals surface area contributed by atoms with Crippen molar-refractivity contribution in [2.24, 2.45) is 0 Å². The van der Waals surface area contributed by atoms with Gasteiger partial charge in [-0.05, 0) is 30.2 Å². The van der Waals surface area contributed by atoms with Crippen LogP contribution in [0.3, 0.4) is 0 Å². The van der Waals surface area contributed by atoms with Crippen molar-refractivity contribution in [3.8, 4) is 0 Å². The van der Waals surface area contributed by atoms with Crippen LogP contribution in [0, 0.1) is 6.92 Å². The second kappa shape index (κ2) is 3.34. The Hall–Kier alpha value is -1.83. The standard InChI is InChI=1S/C14H14N2/c1-10-3-4-13-12(7-10)8-11-5-6-15-9-14(11)16(13)2/h3-7,9H,8H2,1-2H3. The third-order valence-electron chi connectivity index (χ3n) is 3.23. The number of nitrogens with zero attached hydrogens (tertiary/aromatic N) is 2. The normalized spacial score (nSPS) is 13.2. The van der Waals surface area contributed by atoms with Crippen molar-refractivity contribution in [1.82, 2.24) is 4.98 Å². The molecule has 0 unspecified atom stereocenters. The Morgan fingerprint density at radius 3 is 2.88 bits per heavy atom. The van der Waals surface area contributed by atoms with E-state index in [0.29, 0.717) is 0 Å². The maximum atomic E-state index is 4.20. The number of benzene rings is 1. The number of hydrogen-bond acceptors (Lipinski definition) is 2. The Morgan fingerprint density at radius 2 is 2.00 bits per heavy atom. The van der Waals surface area contributed by atoms with Gasteiger partial charge in [0.15, 0.2) is 0 Å². The molecule has 0 radical (unpaired) electrons. The Bertz CT molecular complexity index is 546. The van der Waals surface area contributed by atoms with Crippen molar-refractivity contribution >= 4 is 11.4 Å². The zero-order valence-electron chi connectivity index (χ0n) is 9.57. The second-order valence-corrected chi connectivity index (χ2v) is 4.37. The van der Waals surface area contributed by atoms with E-state index in [1.165, 1.54) is 28.1 Å². The van der Waals surface area contributed by atoms with Gasteiger partial charge in [-0.2, -0.15) is 0 Å². The minimum atomic E-state index is 1.01. The topological polar surface area (TPSA) is 16.1 Å². The van der Waals surface area contributed by atoms with Gasteiger partial charge in [0.2, 0.25) is 0 Å². The van der Waals surface area contributed by atoms with E-state index in [9.17, 15) is 0 Å². The van der Waals surface area contributed by atoms with Crippen molar-refractivity contribution in [1.29, 1.82) is 0 Å². The fraction of sp³-hybridized carbons (Fsp3) is 0.214. The minimum absolute atomic E-state index is 1.01. The SMILES string of the molecule is Cc1ccc2c(c1)Cc1ccncc1N2C. The molecule has 1 aliphatic heterocycles. The Balaban J connectivity index is 2.18. The molecule has 16 heavy (non-hydrogen) atoms. The van der Waals surface area contributed by atoms with Crippen LogP contribution in [0.5, 0.6) is 0 Å². The molecule has 0 aliphatic carbocycles. The molecule has 1 aliphatic rings. The van der Waals surface area contributed by atoms with E-state index in [1.54, 1.807) is 0 Å². The zero-order valence-corrected chi connectivity index (χ0v) is 9.57. The van der Waals surface area contributed by atoms with Crippen LogP contribution in [0.25, 0.3) is 0 Å². The van der Waals surface area contributed by atoms with Crippen LogP contribution in [0.4, 0.5) is 11.4 Å². The summed E-state index contributed by atoms with van der Waals surface area (Å²) in [4.78, 5) is 6.42. The van der Waals surface area contributed by atoms with Gasteiger partial charge in [0.05, 0.1) is 11.9 Å². The smallest absolute Gasteiger partial charge is 0.0630 e. The number of hydrogen-bond donors (Lipinski definition) is 0. The highest BCUT2D eigenvalue weighted by Gasteiger charge is 2.19. The summed E-state index contributed by atoms with van der Waals surface area (Å²) >= 11 is 0. The highest BCUT2D eigenvalue weighted by molar-refractivity contribution is 5.73. The van der Waals surface area contributed by atoms with Gasteiger partial charge in [-0.25, -0.2) is 0 Å². The van der Waals surface area contributed by atoms with Gasteiger partial charge in [0, 0.05) is 25.4 Å². The van der Waals surface area contributed by atoms with Crippen molar-refractivity contribution in [3.63, 3.8) is 0 Å². The molecular formula is C14H14N2. The Labute approximate surface area is 95.6 Å². The highest BCUT2D eigenvalue weighted by Crippen LogP contribution is 2.36. The molecule has 0 amide bonds. The number of pyridine rings is 1. The minimum Gasteiger partial charge on any atom is -0.343 e. The van der Waals surface area contributed by atoms with Gasteiger partial charge in [0.25, 0.3) is 0 Å². The van der Waals surface area contributed by atoms with E-state index in [0.717, 1.165) is 6.42 Å². The summed E-state index contributed by atoms with van der Waals surface area (Å²) in [5.41, 5.74) is 6.60. The summed E-state index contributed by atoms with van der Waals surface area (Å²) in [6.07, 6.45) is 4.82. The summed E-state index contributed by atoms with van der Waals surface area (Å²) < 4.78 is 0. The molecule has 0 saturated carbocycles. The van der Waals surface area contributed by atoms with Crippen LogP contribution < -0.4 is 4.90 Å².